The first kappa shape index (κ1) is 11.8. The highest BCUT2D eigenvalue weighted by Gasteiger charge is 2.15. The van der Waals surface area contributed by atoms with Crippen LogP contribution in [0.15, 0.2) is 10.7 Å². The number of rotatable bonds is 4. The largest absolute Gasteiger partial charge is 0.381 e. The SMILES string of the molecule is CCc1nc(Br)cc(NCC2CCOC2)n1. The van der Waals surface area contributed by atoms with E-state index in [1.807, 2.05) is 6.07 Å². The highest BCUT2D eigenvalue weighted by molar-refractivity contribution is 9.10. The number of aromatic nitrogens is 2. The molecule has 0 amide bonds. The number of ether oxygens (including phenoxy) is 1. The van der Waals surface area contributed by atoms with Gasteiger partial charge in [-0.3, -0.25) is 0 Å². The molecule has 0 spiro atoms. The summed E-state index contributed by atoms with van der Waals surface area (Å²) in [6, 6.07) is 1.91. The highest BCUT2D eigenvalue weighted by Crippen LogP contribution is 2.16. The predicted octanol–water partition coefficient (Wildman–Crippen LogP) is 2.25. The molecule has 1 unspecified atom stereocenters. The number of nitrogens with zero attached hydrogens (tertiary/aromatic N) is 2. The van der Waals surface area contributed by atoms with Gasteiger partial charge in [0.05, 0.1) is 6.61 Å². The summed E-state index contributed by atoms with van der Waals surface area (Å²) >= 11 is 3.39. The van der Waals surface area contributed by atoms with Crippen LogP contribution in [-0.2, 0) is 11.2 Å². The molecule has 1 saturated heterocycles. The smallest absolute Gasteiger partial charge is 0.131 e. The zero-order valence-corrected chi connectivity index (χ0v) is 11.0. The number of hydrogen-bond acceptors (Lipinski definition) is 4. The Labute approximate surface area is 104 Å². The molecular weight excluding hydrogens is 270 g/mol. The Morgan fingerprint density at radius 1 is 1.56 bits per heavy atom. The third kappa shape index (κ3) is 3.15. The quantitative estimate of drug-likeness (QED) is 0.862. The lowest BCUT2D eigenvalue weighted by Gasteiger charge is -2.10. The van der Waals surface area contributed by atoms with Gasteiger partial charge in [-0.25, -0.2) is 9.97 Å². The molecule has 2 heterocycles. The van der Waals surface area contributed by atoms with Crippen molar-refractivity contribution >= 4 is 21.7 Å². The molecule has 1 aromatic heterocycles. The van der Waals surface area contributed by atoms with Crippen molar-refractivity contribution in [3.63, 3.8) is 0 Å². The van der Waals surface area contributed by atoms with Gasteiger partial charge in [0.2, 0.25) is 0 Å². The molecular formula is C11H16BrN3O. The van der Waals surface area contributed by atoms with Gasteiger partial charge in [-0.05, 0) is 22.4 Å². The Hall–Kier alpha value is -0.680. The number of nitrogens with one attached hydrogen (secondary N) is 1. The minimum atomic E-state index is 0.610. The zero-order valence-electron chi connectivity index (χ0n) is 9.37. The van der Waals surface area contributed by atoms with Crippen LogP contribution < -0.4 is 5.32 Å². The first-order chi connectivity index (χ1) is 7.78. The fourth-order valence-electron chi connectivity index (χ4n) is 1.71. The summed E-state index contributed by atoms with van der Waals surface area (Å²) in [5.41, 5.74) is 0. The van der Waals surface area contributed by atoms with E-state index in [0.717, 1.165) is 48.8 Å². The third-order valence-corrected chi connectivity index (χ3v) is 3.06. The fourth-order valence-corrected chi connectivity index (χ4v) is 2.13. The highest BCUT2D eigenvalue weighted by atomic mass is 79.9. The second kappa shape index (κ2) is 5.59. The van der Waals surface area contributed by atoms with Crippen molar-refractivity contribution in [3.05, 3.63) is 16.5 Å². The number of halogens is 1. The maximum absolute atomic E-state index is 5.33. The second-order valence-corrected chi connectivity index (χ2v) is 4.77. The lowest BCUT2D eigenvalue weighted by Crippen LogP contribution is -2.15. The van der Waals surface area contributed by atoms with Gasteiger partial charge in [-0.2, -0.15) is 0 Å². The third-order valence-electron chi connectivity index (χ3n) is 2.65. The van der Waals surface area contributed by atoms with Crippen LogP contribution in [0.1, 0.15) is 19.2 Å². The molecule has 5 heteroatoms. The van der Waals surface area contributed by atoms with Crippen LogP contribution in [0.4, 0.5) is 5.82 Å². The molecule has 1 aliphatic rings. The monoisotopic (exact) mass is 285 g/mol. The maximum atomic E-state index is 5.33. The van der Waals surface area contributed by atoms with Gasteiger partial charge >= 0.3 is 0 Å². The van der Waals surface area contributed by atoms with Gasteiger partial charge in [-0.15, -0.1) is 0 Å². The van der Waals surface area contributed by atoms with Crippen molar-refractivity contribution in [3.8, 4) is 0 Å². The molecule has 1 N–H and O–H groups in total. The average Bonchev–Trinajstić information content (AvgIpc) is 2.78. The molecule has 1 aliphatic heterocycles. The zero-order chi connectivity index (χ0) is 11.4. The molecule has 16 heavy (non-hydrogen) atoms. The first-order valence-corrected chi connectivity index (χ1v) is 6.42. The van der Waals surface area contributed by atoms with Crippen LogP contribution in [0, 0.1) is 5.92 Å². The topological polar surface area (TPSA) is 47.0 Å². The summed E-state index contributed by atoms with van der Waals surface area (Å²) in [6.07, 6.45) is 1.99. The van der Waals surface area contributed by atoms with Gasteiger partial charge < -0.3 is 10.1 Å². The molecule has 0 bridgehead atoms. The van der Waals surface area contributed by atoms with E-state index in [1.54, 1.807) is 0 Å². The average molecular weight is 286 g/mol. The molecule has 1 aromatic rings. The molecule has 88 valence electrons. The van der Waals surface area contributed by atoms with Gasteiger partial charge in [0.1, 0.15) is 16.2 Å². The molecule has 4 nitrogen and oxygen atoms in total. The number of aryl methyl sites for hydroxylation is 1. The summed E-state index contributed by atoms with van der Waals surface area (Å²) < 4.78 is 6.17. The summed E-state index contributed by atoms with van der Waals surface area (Å²) in [5, 5.41) is 3.34. The van der Waals surface area contributed by atoms with Crippen molar-refractivity contribution in [1.82, 2.24) is 9.97 Å². The minimum absolute atomic E-state index is 0.610. The Morgan fingerprint density at radius 3 is 3.12 bits per heavy atom. The Morgan fingerprint density at radius 2 is 2.44 bits per heavy atom. The second-order valence-electron chi connectivity index (χ2n) is 3.96. The van der Waals surface area contributed by atoms with E-state index in [2.05, 4.69) is 38.1 Å². The molecule has 2 rings (SSSR count). The Balaban J connectivity index is 1.94. The van der Waals surface area contributed by atoms with E-state index in [4.69, 9.17) is 4.74 Å². The number of hydrogen-bond donors (Lipinski definition) is 1. The normalized spacial score (nSPS) is 20.0. The van der Waals surface area contributed by atoms with Crippen molar-refractivity contribution in [2.75, 3.05) is 25.1 Å². The summed E-state index contributed by atoms with van der Waals surface area (Å²) in [5.74, 6) is 2.36. The maximum Gasteiger partial charge on any atom is 0.131 e. The first-order valence-electron chi connectivity index (χ1n) is 5.63. The Bertz CT molecular complexity index is 353. The van der Waals surface area contributed by atoms with E-state index >= 15 is 0 Å². The Kier molecular flexibility index (Phi) is 4.12. The molecule has 1 fully saturated rings. The van der Waals surface area contributed by atoms with E-state index in [1.165, 1.54) is 0 Å². The fraction of sp³-hybridized carbons (Fsp3) is 0.636. The van der Waals surface area contributed by atoms with Gasteiger partial charge in [0.15, 0.2) is 0 Å². The summed E-state index contributed by atoms with van der Waals surface area (Å²) in [7, 11) is 0. The lowest BCUT2D eigenvalue weighted by atomic mass is 10.1. The van der Waals surface area contributed by atoms with Crippen LogP contribution in [0.3, 0.4) is 0 Å². The molecule has 0 aliphatic carbocycles. The molecule has 0 radical (unpaired) electrons. The van der Waals surface area contributed by atoms with Crippen LogP contribution in [0.25, 0.3) is 0 Å². The van der Waals surface area contributed by atoms with Crippen molar-refractivity contribution in [1.29, 1.82) is 0 Å². The lowest BCUT2D eigenvalue weighted by molar-refractivity contribution is 0.187. The molecule has 0 aromatic carbocycles. The van der Waals surface area contributed by atoms with Crippen molar-refractivity contribution < 1.29 is 4.74 Å². The standard InChI is InChI=1S/C11H16BrN3O/c1-2-10-14-9(12)5-11(15-10)13-6-8-3-4-16-7-8/h5,8H,2-4,6-7H2,1H3,(H,13,14,15). The predicted molar refractivity (Wildman–Crippen MR) is 66.5 cm³/mol. The van der Waals surface area contributed by atoms with E-state index in [0.29, 0.717) is 5.92 Å². The number of anilines is 1. The van der Waals surface area contributed by atoms with Crippen molar-refractivity contribution in [2.24, 2.45) is 5.92 Å². The van der Waals surface area contributed by atoms with Crippen molar-refractivity contribution in [2.45, 2.75) is 19.8 Å². The van der Waals surface area contributed by atoms with Crippen LogP contribution in [-0.4, -0.2) is 29.7 Å². The van der Waals surface area contributed by atoms with E-state index in [-0.39, 0.29) is 0 Å². The molecule has 0 saturated carbocycles. The minimum Gasteiger partial charge on any atom is -0.381 e. The van der Waals surface area contributed by atoms with Gasteiger partial charge in [0.25, 0.3) is 0 Å². The molecule has 1 atom stereocenters. The van der Waals surface area contributed by atoms with Crippen LogP contribution in [0.5, 0.6) is 0 Å². The van der Waals surface area contributed by atoms with Crippen LogP contribution in [0.2, 0.25) is 0 Å². The summed E-state index contributed by atoms with van der Waals surface area (Å²) in [4.78, 5) is 8.69. The summed E-state index contributed by atoms with van der Waals surface area (Å²) in [6.45, 7) is 4.73. The van der Waals surface area contributed by atoms with Crippen LogP contribution >= 0.6 is 15.9 Å². The van der Waals surface area contributed by atoms with E-state index in [9.17, 15) is 0 Å². The van der Waals surface area contributed by atoms with E-state index < -0.39 is 0 Å². The van der Waals surface area contributed by atoms with Gasteiger partial charge in [0, 0.05) is 31.6 Å². The van der Waals surface area contributed by atoms with Gasteiger partial charge in [-0.1, -0.05) is 6.92 Å².